The minimum atomic E-state index is -3.61. The lowest BCUT2D eigenvalue weighted by Gasteiger charge is -2.17. The van der Waals surface area contributed by atoms with Crippen molar-refractivity contribution < 1.29 is 13.2 Å². The number of carbonyl (C=O) groups excluding carboxylic acids is 1. The Morgan fingerprint density at radius 2 is 1.52 bits per heavy atom. The van der Waals surface area contributed by atoms with E-state index in [4.69, 9.17) is 11.6 Å². The fourth-order valence-electron chi connectivity index (χ4n) is 3.00. The lowest BCUT2D eigenvalue weighted by atomic mass is 10.1. The maximum atomic E-state index is 13.1. The molecule has 1 heterocycles. The van der Waals surface area contributed by atoms with E-state index in [0.29, 0.717) is 16.4 Å². The summed E-state index contributed by atoms with van der Waals surface area (Å²) in [5.41, 5.74) is 1.97. The average molecular weight is 515 g/mol. The lowest BCUT2D eigenvalue weighted by molar-refractivity contribution is -0.115. The first-order valence-electron chi connectivity index (χ1n) is 9.85. The highest BCUT2D eigenvalue weighted by molar-refractivity contribution is 8.00. The van der Waals surface area contributed by atoms with E-state index >= 15 is 0 Å². The van der Waals surface area contributed by atoms with Crippen molar-refractivity contribution in [1.82, 2.24) is 0 Å². The normalized spacial score (nSPS) is 12.2. The molecule has 0 radical (unpaired) electrons. The van der Waals surface area contributed by atoms with Crippen LogP contribution >= 0.6 is 34.7 Å². The van der Waals surface area contributed by atoms with Crippen LogP contribution in [-0.4, -0.2) is 14.3 Å². The molecule has 0 aliphatic rings. The van der Waals surface area contributed by atoms with Crippen molar-refractivity contribution in [3.05, 3.63) is 107 Å². The van der Waals surface area contributed by atoms with Gasteiger partial charge in [0.15, 0.2) is 0 Å². The summed E-state index contributed by atoms with van der Waals surface area (Å²) in [6.07, 6.45) is 0. The van der Waals surface area contributed by atoms with Gasteiger partial charge >= 0.3 is 0 Å². The molecule has 0 aliphatic carbocycles. The molecule has 0 saturated heterocycles. The Morgan fingerprint density at radius 3 is 2.15 bits per heavy atom. The zero-order chi connectivity index (χ0) is 23.3. The van der Waals surface area contributed by atoms with E-state index in [0.717, 1.165) is 21.8 Å². The van der Waals surface area contributed by atoms with E-state index in [1.807, 2.05) is 30.3 Å². The van der Waals surface area contributed by atoms with Crippen LogP contribution in [0, 0.1) is 0 Å². The second-order valence-corrected chi connectivity index (χ2v) is 11.4. The summed E-state index contributed by atoms with van der Waals surface area (Å²) < 4.78 is 27.7. The van der Waals surface area contributed by atoms with Crippen LogP contribution in [0.2, 0.25) is 5.02 Å². The largest absolute Gasteiger partial charge is 0.325 e. The monoisotopic (exact) mass is 514 g/mol. The van der Waals surface area contributed by atoms with Crippen LogP contribution < -0.4 is 10.0 Å². The van der Waals surface area contributed by atoms with Gasteiger partial charge in [-0.3, -0.25) is 9.52 Å². The Kier molecular flexibility index (Phi) is 7.39. The second-order valence-electron chi connectivity index (χ2n) is 6.97. The number of carbonyl (C=O) groups is 1. The SMILES string of the molecule is O=C(Nc1ccc(Cl)cc1)C(Sc1ccc(NS(=O)(=O)c2cccs2)cc1)c1ccccc1. The first-order chi connectivity index (χ1) is 15.9. The highest BCUT2D eigenvalue weighted by Gasteiger charge is 2.22. The van der Waals surface area contributed by atoms with Gasteiger partial charge in [0.05, 0.1) is 0 Å². The quantitative estimate of drug-likeness (QED) is 0.257. The molecule has 9 heteroatoms. The van der Waals surface area contributed by atoms with Crippen molar-refractivity contribution >= 4 is 62.0 Å². The molecule has 0 fully saturated rings. The topological polar surface area (TPSA) is 75.3 Å². The van der Waals surface area contributed by atoms with Crippen molar-refractivity contribution in [1.29, 1.82) is 0 Å². The standard InChI is InChI=1S/C24H19ClN2O3S3/c25-18-8-10-19(11-9-18)26-24(28)23(17-5-2-1-3-6-17)32-21-14-12-20(13-15-21)27-33(29,30)22-7-4-16-31-22/h1-16,23,27H,(H,26,28). The van der Waals surface area contributed by atoms with Gasteiger partial charge in [-0.1, -0.05) is 48.0 Å². The number of rotatable bonds is 8. The first-order valence-corrected chi connectivity index (χ1v) is 13.5. The third-order valence-electron chi connectivity index (χ3n) is 4.57. The number of thiophene rings is 1. The maximum Gasteiger partial charge on any atom is 0.271 e. The molecule has 3 aromatic carbocycles. The van der Waals surface area contributed by atoms with E-state index in [2.05, 4.69) is 10.0 Å². The molecule has 2 N–H and O–H groups in total. The summed E-state index contributed by atoms with van der Waals surface area (Å²) in [7, 11) is -3.61. The number of halogens is 1. The number of amides is 1. The minimum absolute atomic E-state index is 0.170. The zero-order valence-electron chi connectivity index (χ0n) is 17.1. The third kappa shape index (κ3) is 6.17. The molecule has 0 aliphatic heterocycles. The molecule has 1 aromatic heterocycles. The van der Waals surface area contributed by atoms with Gasteiger partial charge in [0.25, 0.3) is 10.0 Å². The average Bonchev–Trinajstić information content (AvgIpc) is 3.37. The van der Waals surface area contributed by atoms with E-state index in [1.54, 1.807) is 66.0 Å². The highest BCUT2D eigenvalue weighted by atomic mass is 35.5. The van der Waals surface area contributed by atoms with Gasteiger partial charge in [-0.2, -0.15) is 0 Å². The Labute approximate surface area is 205 Å². The van der Waals surface area contributed by atoms with Crippen molar-refractivity contribution in [3.63, 3.8) is 0 Å². The summed E-state index contributed by atoms with van der Waals surface area (Å²) in [6.45, 7) is 0. The maximum absolute atomic E-state index is 13.1. The summed E-state index contributed by atoms with van der Waals surface area (Å²) >= 11 is 8.48. The predicted octanol–water partition coefficient (Wildman–Crippen LogP) is 6.67. The third-order valence-corrected chi connectivity index (χ3v) is 8.87. The van der Waals surface area contributed by atoms with Crippen molar-refractivity contribution in [2.75, 3.05) is 10.0 Å². The Balaban J connectivity index is 1.51. The molecule has 1 atom stereocenters. The lowest BCUT2D eigenvalue weighted by Crippen LogP contribution is -2.19. The molecule has 5 nitrogen and oxygen atoms in total. The molecule has 0 bridgehead atoms. The van der Waals surface area contributed by atoms with Crippen LogP contribution in [0.4, 0.5) is 11.4 Å². The molecule has 0 saturated carbocycles. The van der Waals surface area contributed by atoms with Crippen molar-refractivity contribution in [3.8, 4) is 0 Å². The van der Waals surface area contributed by atoms with Gasteiger partial charge in [0.1, 0.15) is 9.46 Å². The number of anilines is 2. The van der Waals surface area contributed by atoms with Gasteiger partial charge in [0, 0.05) is 21.3 Å². The van der Waals surface area contributed by atoms with Gasteiger partial charge < -0.3 is 5.32 Å². The van der Waals surface area contributed by atoms with Crippen LogP contribution in [0.25, 0.3) is 0 Å². The van der Waals surface area contributed by atoms with E-state index in [9.17, 15) is 13.2 Å². The van der Waals surface area contributed by atoms with Gasteiger partial charge in [-0.25, -0.2) is 8.42 Å². The van der Waals surface area contributed by atoms with Crippen LogP contribution in [0.5, 0.6) is 0 Å². The van der Waals surface area contributed by atoms with Gasteiger partial charge in [0.2, 0.25) is 5.91 Å². The first kappa shape index (κ1) is 23.4. The number of thioether (sulfide) groups is 1. The van der Waals surface area contributed by atoms with Crippen LogP contribution in [0.15, 0.2) is 105 Å². The van der Waals surface area contributed by atoms with Crippen molar-refractivity contribution in [2.24, 2.45) is 0 Å². The smallest absolute Gasteiger partial charge is 0.271 e. The van der Waals surface area contributed by atoms with Crippen LogP contribution in [0.3, 0.4) is 0 Å². The molecule has 1 unspecified atom stereocenters. The fourth-order valence-corrected chi connectivity index (χ4v) is 6.20. The van der Waals surface area contributed by atoms with E-state index < -0.39 is 15.3 Å². The molecule has 4 aromatic rings. The Bertz CT molecular complexity index is 1310. The molecular weight excluding hydrogens is 496 g/mol. The molecule has 168 valence electrons. The van der Waals surface area contributed by atoms with Crippen LogP contribution in [-0.2, 0) is 14.8 Å². The second kappa shape index (κ2) is 10.4. The number of hydrogen-bond acceptors (Lipinski definition) is 5. The molecular formula is C24H19ClN2O3S3. The Morgan fingerprint density at radius 1 is 0.848 bits per heavy atom. The van der Waals surface area contributed by atoms with Gasteiger partial charge in [-0.05, 0) is 65.5 Å². The zero-order valence-corrected chi connectivity index (χ0v) is 20.3. The number of hydrogen-bond donors (Lipinski definition) is 2. The Hall–Kier alpha value is -2.78. The van der Waals surface area contributed by atoms with E-state index in [-0.39, 0.29) is 10.1 Å². The van der Waals surface area contributed by atoms with Crippen LogP contribution in [0.1, 0.15) is 10.8 Å². The highest BCUT2D eigenvalue weighted by Crippen LogP contribution is 2.37. The molecule has 0 spiro atoms. The summed E-state index contributed by atoms with van der Waals surface area (Å²) in [5.74, 6) is -0.170. The van der Waals surface area contributed by atoms with Crippen molar-refractivity contribution in [2.45, 2.75) is 14.4 Å². The van der Waals surface area contributed by atoms with Gasteiger partial charge in [-0.15, -0.1) is 23.1 Å². The van der Waals surface area contributed by atoms with E-state index in [1.165, 1.54) is 11.8 Å². The number of sulfonamides is 1. The molecule has 33 heavy (non-hydrogen) atoms. The summed E-state index contributed by atoms with van der Waals surface area (Å²) in [4.78, 5) is 14.0. The fraction of sp³-hybridized carbons (Fsp3) is 0.0417. The number of nitrogens with one attached hydrogen (secondary N) is 2. The molecule has 1 amide bonds. The number of benzene rings is 3. The summed E-state index contributed by atoms with van der Waals surface area (Å²) in [6, 6.07) is 26.6. The summed E-state index contributed by atoms with van der Waals surface area (Å²) in [5, 5.41) is 4.74. The minimum Gasteiger partial charge on any atom is -0.325 e. The predicted molar refractivity (Wildman–Crippen MR) is 137 cm³/mol. The molecule has 4 rings (SSSR count).